The van der Waals surface area contributed by atoms with Crippen LogP contribution in [0.3, 0.4) is 0 Å². The zero-order valence-electron chi connectivity index (χ0n) is 10.2. The molecule has 19 heavy (non-hydrogen) atoms. The summed E-state index contributed by atoms with van der Waals surface area (Å²) in [7, 11) is 0. The van der Waals surface area contributed by atoms with Crippen LogP contribution in [-0.2, 0) is 0 Å². The molecule has 1 N–H and O–H groups in total. The molecule has 1 aromatic carbocycles. The van der Waals surface area contributed by atoms with Crippen LogP contribution in [0.15, 0.2) is 23.3 Å². The van der Waals surface area contributed by atoms with Gasteiger partial charge in [-0.1, -0.05) is 0 Å². The largest absolute Gasteiger partial charge is 0.370 e. The number of nitrogens with one attached hydrogen (secondary N) is 1. The third kappa shape index (κ3) is 2.99. The fraction of sp³-hybridized carbons (Fsp3) is 0.308. The van der Waals surface area contributed by atoms with Crippen LogP contribution in [-0.4, -0.2) is 18.8 Å². The number of anilines is 2. The van der Waals surface area contributed by atoms with E-state index < -0.39 is 5.82 Å². The summed E-state index contributed by atoms with van der Waals surface area (Å²) in [6.07, 6.45) is 2.20. The second-order valence-corrected chi connectivity index (χ2v) is 4.15. The minimum atomic E-state index is -0.392. The normalized spacial score (nSPS) is 13.5. The summed E-state index contributed by atoms with van der Waals surface area (Å²) in [5.41, 5.74) is 3.59. The average Bonchev–Trinajstić information content (AvgIpc) is 2.94. The van der Waals surface area contributed by atoms with Crippen molar-refractivity contribution in [1.82, 2.24) is 0 Å². The number of hydrazone groups is 1. The highest BCUT2D eigenvalue weighted by Gasteiger charge is 2.16. The first-order valence-electron chi connectivity index (χ1n) is 5.93. The molecule has 6 heteroatoms. The van der Waals surface area contributed by atoms with Crippen molar-refractivity contribution in [2.45, 2.75) is 12.8 Å². The molecule has 0 spiro atoms. The lowest BCUT2D eigenvalue weighted by Gasteiger charge is -2.20. The maximum Gasteiger partial charge on any atom is 0.237 e. The van der Waals surface area contributed by atoms with E-state index in [0.29, 0.717) is 5.69 Å². The van der Waals surface area contributed by atoms with E-state index >= 15 is 0 Å². The zero-order chi connectivity index (χ0) is 13.7. The fourth-order valence-electron chi connectivity index (χ4n) is 2.02. The molecule has 0 saturated carbocycles. The average molecular weight is 257 g/mol. The van der Waals surface area contributed by atoms with Gasteiger partial charge in [-0.15, -0.1) is 0 Å². The van der Waals surface area contributed by atoms with Gasteiger partial charge in [0.25, 0.3) is 0 Å². The molecule has 1 aromatic rings. The number of nitrogens with zero attached hydrogens (tertiary/aromatic N) is 4. The second-order valence-electron chi connectivity index (χ2n) is 4.15. The molecule has 0 aliphatic carbocycles. The molecule has 0 radical (unpaired) electrons. The van der Waals surface area contributed by atoms with Gasteiger partial charge in [-0.3, -0.25) is 5.43 Å². The first-order valence-corrected chi connectivity index (χ1v) is 5.93. The molecule has 96 valence electrons. The Morgan fingerprint density at radius 1 is 1.26 bits per heavy atom. The van der Waals surface area contributed by atoms with Gasteiger partial charge in [0.1, 0.15) is 18.0 Å². The van der Waals surface area contributed by atoms with Crippen molar-refractivity contribution in [2.75, 3.05) is 23.4 Å². The Kier molecular flexibility index (Phi) is 3.94. The molecular formula is C13H12FN5. The molecule has 1 aliphatic rings. The lowest BCUT2D eigenvalue weighted by molar-refractivity contribution is 0.628. The predicted octanol–water partition coefficient (Wildman–Crippen LogP) is 2.24. The molecule has 1 fully saturated rings. The van der Waals surface area contributed by atoms with Crippen LogP contribution in [0.25, 0.3) is 0 Å². The Labute approximate surface area is 110 Å². The van der Waals surface area contributed by atoms with Crippen LogP contribution in [0, 0.1) is 28.5 Å². The maximum absolute atomic E-state index is 13.3. The topological polar surface area (TPSA) is 75.2 Å². The van der Waals surface area contributed by atoms with Crippen molar-refractivity contribution in [3.63, 3.8) is 0 Å². The van der Waals surface area contributed by atoms with Crippen molar-refractivity contribution < 1.29 is 4.39 Å². The van der Waals surface area contributed by atoms with Gasteiger partial charge in [0, 0.05) is 19.2 Å². The van der Waals surface area contributed by atoms with Gasteiger partial charge in [0.05, 0.1) is 11.4 Å². The fourth-order valence-corrected chi connectivity index (χ4v) is 2.02. The molecule has 5 nitrogen and oxygen atoms in total. The molecule has 1 saturated heterocycles. The van der Waals surface area contributed by atoms with Gasteiger partial charge in [0.15, 0.2) is 0 Å². The van der Waals surface area contributed by atoms with Crippen molar-refractivity contribution in [3.8, 4) is 12.1 Å². The molecular weight excluding hydrogens is 245 g/mol. The zero-order valence-corrected chi connectivity index (χ0v) is 10.2. The summed E-state index contributed by atoms with van der Waals surface area (Å²) < 4.78 is 13.3. The summed E-state index contributed by atoms with van der Waals surface area (Å²) in [5, 5.41) is 20.9. The quantitative estimate of drug-likeness (QED) is 0.665. The van der Waals surface area contributed by atoms with Crippen LogP contribution in [0.5, 0.6) is 0 Å². The predicted molar refractivity (Wildman–Crippen MR) is 70.1 cm³/mol. The lowest BCUT2D eigenvalue weighted by atomic mass is 10.2. The van der Waals surface area contributed by atoms with Gasteiger partial charge in [-0.05, 0) is 25.0 Å². The number of benzene rings is 1. The lowest BCUT2D eigenvalue weighted by Crippen LogP contribution is -2.19. The second kappa shape index (κ2) is 5.83. The molecule has 0 atom stereocenters. The number of hydrogen-bond acceptors (Lipinski definition) is 5. The van der Waals surface area contributed by atoms with Crippen LogP contribution >= 0.6 is 0 Å². The summed E-state index contributed by atoms with van der Waals surface area (Å²) in [6, 6.07) is 7.66. The van der Waals surface area contributed by atoms with Crippen molar-refractivity contribution >= 4 is 17.1 Å². The molecule has 1 heterocycles. The van der Waals surface area contributed by atoms with E-state index in [1.807, 2.05) is 0 Å². The summed E-state index contributed by atoms with van der Waals surface area (Å²) in [5.74, 6) is -0.392. The maximum atomic E-state index is 13.3. The van der Waals surface area contributed by atoms with Gasteiger partial charge in [-0.2, -0.15) is 15.6 Å². The van der Waals surface area contributed by atoms with E-state index in [1.54, 1.807) is 18.2 Å². The summed E-state index contributed by atoms with van der Waals surface area (Å²) in [6.45, 7) is 1.82. The minimum absolute atomic E-state index is 0.295. The molecule has 2 rings (SSSR count). The van der Waals surface area contributed by atoms with E-state index in [2.05, 4.69) is 15.4 Å². The summed E-state index contributed by atoms with van der Waals surface area (Å²) >= 11 is 0. The third-order valence-electron chi connectivity index (χ3n) is 2.91. The summed E-state index contributed by atoms with van der Waals surface area (Å²) in [4.78, 5) is 2.12. The minimum Gasteiger partial charge on any atom is -0.370 e. The highest BCUT2D eigenvalue weighted by molar-refractivity contribution is 6.10. The Hall–Kier alpha value is -2.60. The van der Waals surface area contributed by atoms with Gasteiger partial charge in [0.2, 0.25) is 5.71 Å². The number of rotatable bonds is 3. The molecule has 0 aromatic heterocycles. The van der Waals surface area contributed by atoms with Crippen LogP contribution in [0.1, 0.15) is 12.8 Å². The Morgan fingerprint density at radius 3 is 2.58 bits per heavy atom. The highest BCUT2D eigenvalue weighted by atomic mass is 19.1. The van der Waals surface area contributed by atoms with Crippen molar-refractivity contribution in [1.29, 1.82) is 10.5 Å². The standard InChI is InChI=1S/C13H12FN5/c14-10-3-4-13(19-5-1-2-6-19)12(7-10)18-17-11(8-15)9-16/h3-4,7,18H,1-2,5-6H2. The Morgan fingerprint density at radius 2 is 1.95 bits per heavy atom. The van der Waals surface area contributed by atoms with Crippen LogP contribution in [0.2, 0.25) is 0 Å². The number of halogens is 1. The number of nitriles is 2. The van der Waals surface area contributed by atoms with Gasteiger partial charge < -0.3 is 4.90 Å². The molecule has 1 aliphatic heterocycles. The molecule has 0 amide bonds. The van der Waals surface area contributed by atoms with E-state index in [1.165, 1.54) is 12.1 Å². The number of hydrogen-bond donors (Lipinski definition) is 1. The third-order valence-corrected chi connectivity index (χ3v) is 2.91. The monoisotopic (exact) mass is 257 g/mol. The van der Waals surface area contributed by atoms with E-state index in [4.69, 9.17) is 10.5 Å². The van der Waals surface area contributed by atoms with Crippen LogP contribution in [0.4, 0.5) is 15.8 Å². The first kappa shape index (κ1) is 12.8. The van der Waals surface area contributed by atoms with Crippen LogP contribution < -0.4 is 10.3 Å². The Balaban J connectivity index is 2.28. The van der Waals surface area contributed by atoms with Gasteiger partial charge >= 0.3 is 0 Å². The van der Waals surface area contributed by atoms with E-state index in [-0.39, 0.29) is 5.71 Å². The van der Waals surface area contributed by atoms with E-state index in [9.17, 15) is 4.39 Å². The first-order chi connectivity index (χ1) is 9.24. The smallest absolute Gasteiger partial charge is 0.237 e. The van der Waals surface area contributed by atoms with Gasteiger partial charge in [-0.25, -0.2) is 4.39 Å². The SMILES string of the molecule is N#CC(C#N)=NNc1cc(F)ccc1N1CCCC1. The van der Waals surface area contributed by atoms with E-state index in [0.717, 1.165) is 31.6 Å². The van der Waals surface area contributed by atoms with Crippen molar-refractivity contribution in [2.24, 2.45) is 5.10 Å². The van der Waals surface area contributed by atoms with Crippen molar-refractivity contribution in [3.05, 3.63) is 24.0 Å². The highest BCUT2D eigenvalue weighted by Crippen LogP contribution is 2.29. The molecule has 0 bridgehead atoms. The Bertz CT molecular complexity index is 560. The molecule has 0 unspecified atom stereocenters.